The fraction of sp³-hybridized carbons (Fsp3) is 0.250. The minimum Gasteiger partial charge on any atom is -0.491 e. The van der Waals surface area contributed by atoms with E-state index in [4.69, 9.17) is 9.47 Å². The molecule has 1 amide bonds. The predicted octanol–water partition coefficient (Wildman–Crippen LogP) is 3.76. The van der Waals surface area contributed by atoms with Gasteiger partial charge in [-0.1, -0.05) is 30.9 Å². The van der Waals surface area contributed by atoms with E-state index in [0.29, 0.717) is 24.5 Å². The number of rotatable bonds is 8. The average Bonchev–Trinajstić information content (AvgIpc) is 2.59. The van der Waals surface area contributed by atoms with Crippen LogP contribution in [0.5, 0.6) is 11.5 Å². The van der Waals surface area contributed by atoms with Crippen molar-refractivity contribution in [2.45, 2.75) is 19.9 Å². The molecule has 126 valence electrons. The molecule has 4 nitrogen and oxygen atoms in total. The molecule has 0 heterocycles. The summed E-state index contributed by atoms with van der Waals surface area (Å²) in [6, 6.07) is 14.7. The zero-order chi connectivity index (χ0) is 17.4. The van der Waals surface area contributed by atoms with Gasteiger partial charge in [0.15, 0.2) is 0 Å². The Bertz CT molecular complexity index is 680. The van der Waals surface area contributed by atoms with E-state index in [1.54, 1.807) is 30.3 Å². The second-order valence-electron chi connectivity index (χ2n) is 5.58. The van der Waals surface area contributed by atoms with Gasteiger partial charge >= 0.3 is 0 Å². The second kappa shape index (κ2) is 8.77. The number of ether oxygens (including phenoxy) is 2. The maximum Gasteiger partial charge on any atom is 0.251 e. The molecular formula is C20H23NO3. The van der Waals surface area contributed by atoms with Crippen molar-refractivity contribution in [3.63, 3.8) is 0 Å². The van der Waals surface area contributed by atoms with Gasteiger partial charge < -0.3 is 14.8 Å². The fourth-order valence-electron chi connectivity index (χ4n) is 2.14. The third-order valence-corrected chi connectivity index (χ3v) is 3.44. The SMILES string of the molecule is C=CCOc1ccc(C(=O)N[C@H](C)COc2ccccc2C)cc1. The maximum atomic E-state index is 12.2. The van der Waals surface area contributed by atoms with Crippen LogP contribution in [-0.2, 0) is 0 Å². The van der Waals surface area contributed by atoms with Gasteiger partial charge in [0, 0.05) is 5.56 Å². The summed E-state index contributed by atoms with van der Waals surface area (Å²) in [5, 5.41) is 2.93. The lowest BCUT2D eigenvalue weighted by Crippen LogP contribution is -2.36. The van der Waals surface area contributed by atoms with Gasteiger partial charge in [0.2, 0.25) is 0 Å². The third-order valence-electron chi connectivity index (χ3n) is 3.44. The predicted molar refractivity (Wildman–Crippen MR) is 95.7 cm³/mol. The van der Waals surface area contributed by atoms with Gasteiger partial charge in [-0.15, -0.1) is 0 Å². The standard InChI is InChI=1S/C20H23NO3/c1-4-13-23-18-11-9-17(10-12-18)20(22)21-16(3)14-24-19-8-6-5-7-15(19)2/h4-12,16H,1,13-14H2,2-3H3,(H,21,22)/t16-/m1/s1. The van der Waals surface area contributed by atoms with Crippen molar-refractivity contribution in [3.8, 4) is 11.5 Å². The molecule has 0 radical (unpaired) electrons. The van der Waals surface area contributed by atoms with E-state index < -0.39 is 0 Å². The molecule has 0 saturated carbocycles. The smallest absolute Gasteiger partial charge is 0.251 e. The van der Waals surface area contributed by atoms with Gasteiger partial charge in [-0.2, -0.15) is 0 Å². The van der Waals surface area contributed by atoms with Crippen LogP contribution in [-0.4, -0.2) is 25.2 Å². The number of aryl methyl sites for hydroxylation is 1. The van der Waals surface area contributed by atoms with Crippen LogP contribution in [0.3, 0.4) is 0 Å². The number of carbonyl (C=O) groups excluding carboxylic acids is 1. The molecule has 2 aromatic carbocycles. The molecule has 0 bridgehead atoms. The lowest BCUT2D eigenvalue weighted by atomic mass is 10.2. The van der Waals surface area contributed by atoms with Gasteiger partial charge in [-0.3, -0.25) is 4.79 Å². The van der Waals surface area contributed by atoms with E-state index in [9.17, 15) is 4.79 Å². The molecule has 0 aliphatic heterocycles. The Morgan fingerprint density at radius 3 is 2.54 bits per heavy atom. The number of carbonyl (C=O) groups is 1. The number of para-hydroxylation sites is 1. The van der Waals surface area contributed by atoms with Gasteiger partial charge in [0.05, 0.1) is 6.04 Å². The first kappa shape index (κ1) is 17.6. The van der Waals surface area contributed by atoms with Gasteiger partial charge in [-0.05, 0) is 49.7 Å². The van der Waals surface area contributed by atoms with Crippen molar-refractivity contribution < 1.29 is 14.3 Å². The summed E-state index contributed by atoms with van der Waals surface area (Å²) < 4.78 is 11.2. The molecule has 2 aromatic rings. The first-order valence-corrected chi connectivity index (χ1v) is 7.93. The van der Waals surface area contributed by atoms with Gasteiger partial charge in [0.1, 0.15) is 24.7 Å². The second-order valence-corrected chi connectivity index (χ2v) is 5.58. The van der Waals surface area contributed by atoms with Crippen LogP contribution >= 0.6 is 0 Å². The van der Waals surface area contributed by atoms with Crippen molar-refractivity contribution in [1.82, 2.24) is 5.32 Å². The highest BCUT2D eigenvalue weighted by Gasteiger charge is 2.11. The largest absolute Gasteiger partial charge is 0.491 e. The van der Waals surface area contributed by atoms with Crippen molar-refractivity contribution >= 4 is 5.91 Å². The van der Waals surface area contributed by atoms with Crippen LogP contribution in [0, 0.1) is 6.92 Å². The Morgan fingerprint density at radius 1 is 1.17 bits per heavy atom. The van der Waals surface area contributed by atoms with Crippen molar-refractivity contribution in [3.05, 3.63) is 72.3 Å². The van der Waals surface area contributed by atoms with Gasteiger partial charge in [0.25, 0.3) is 5.91 Å². The van der Waals surface area contributed by atoms with Crippen LogP contribution < -0.4 is 14.8 Å². The molecule has 0 unspecified atom stereocenters. The number of hydrogen-bond acceptors (Lipinski definition) is 3. The van der Waals surface area contributed by atoms with E-state index in [1.807, 2.05) is 38.1 Å². The van der Waals surface area contributed by atoms with Gasteiger partial charge in [-0.25, -0.2) is 0 Å². The average molecular weight is 325 g/mol. The zero-order valence-corrected chi connectivity index (χ0v) is 14.1. The summed E-state index contributed by atoms with van der Waals surface area (Å²) >= 11 is 0. The summed E-state index contributed by atoms with van der Waals surface area (Å²) in [6.45, 7) is 8.36. The molecule has 1 atom stereocenters. The summed E-state index contributed by atoms with van der Waals surface area (Å²) in [7, 11) is 0. The van der Waals surface area contributed by atoms with Crippen LogP contribution in [0.25, 0.3) is 0 Å². The molecular weight excluding hydrogens is 302 g/mol. The van der Waals surface area contributed by atoms with E-state index in [-0.39, 0.29) is 11.9 Å². The van der Waals surface area contributed by atoms with Crippen LogP contribution in [0.4, 0.5) is 0 Å². The Balaban J connectivity index is 1.84. The minimum absolute atomic E-state index is 0.103. The molecule has 4 heteroatoms. The minimum atomic E-state index is -0.133. The van der Waals surface area contributed by atoms with Crippen LogP contribution in [0.1, 0.15) is 22.8 Å². The van der Waals surface area contributed by atoms with Crippen LogP contribution in [0.2, 0.25) is 0 Å². The molecule has 0 aliphatic rings. The summed E-state index contributed by atoms with van der Waals surface area (Å²) in [5.41, 5.74) is 1.66. The highest BCUT2D eigenvalue weighted by molar-refractivity contribution is 5.94. The summed E-state index contributed by atoms with van der Waals surface area (Å²) in [4.78, 5) is 12.2. The quantitative estimate of drug-likeness (QED) is 0.752. The number of amides is 1. The molecule has 0 saturated heterocycles. The number of benzene rings is 2. The van der Waals surface area contributed by atoms with E-state index in [0.717, 1.165) is 11.3 Å². The maximum absolute atomic E-state index is 12.2. The Hall–Kier alpha value is -2.75. The van der Waals surface area contributed by atoms with E-state index >= 15 is 0 Å². The molecule has 2 rings (SSSR count). The topological polar surface area (TPSA) is 47.6 Å². The highest BCUT2D eigenvalue weighted by Crippen LogP contribution is 2.16. The monoisotopic (exact) mass is 325 g/mol. The highest BCUT2D eigenvalue weighted by atomic mass is 16.5. The molecule has 0 aromatic heterocycles. The lowest BCUT2D eigenvalue weighted by Gasteiger charge is -2.16. The third kappa shape index (κ3) is 5.16. The number of hydrogen-bond donors (Lipinski definition) is 1. The lowest BCUT2D eigenvalue weighted by molar-refractivity contribution is 0.0926. The van der Waals surface area contributed by atoms with Crippen molar-refractivity contribution in [2.75, 3.05) is 13.2 Å². The Kier molecular flexibility index (Phi) is 6.43. The normalized spacial score (nSPS) is 11.4. The zero-order valence-electron chi connectivity index (χ0n) is 14.1. The Labute approximate surface area is 143 Å². The Morgan fingerprint density at radius 2 is 1.88 bits per heavy atom. The van der Waals surface area contributed by atoms with Crippen molar-refractivity contribution in [1.29, 1.82) is 0 Å². The summed E-state index contributed by atoms with van der Waals surface area (Å²) in [5.74, 6) is 1.41. The molecule has 24 heavy (non-hydrogen) atoms. The number of nitrogens with one attached hydrogen (secondary N) is 1. The first-order valence-electron chi connectivity index (χ1n) is 7.93. The van der Waals surface area contributed by atoms with E-state index in [1.165, 1.54) is 0 Å². The van der Waals surface area contributed by atoms with Crippen LogP contribution in [0.15, 0.2) is 61.2 Å². The van der Waals surface area contributed by atoms with E-state index in [2.05, 4.69) is 11.9 Å². The fourth-order valence-corrected chi connectivity index (χ4v) is 2.14. The molecule has 0 fully saturated rings. The summed E-state index contributed by atoms with van der Waals surface area (Å²) in [6.07, 6.45) is 1.68. The first-order chi connectivity index (χ1) is 11.6. The van der Waals surface area contributed by atoms with Crippen molar-refractivity contribution in [2.24, 2.45) is 0 Å². The molecule has 1 N–H and O–H groups in total. The molecule has 0 spiro atoms. The molecule has 0 aliphatic carbocycles.